The zero-order chi connectivity index (χ0) is 10.8. The molecule has 1 saturated heterocycles. The predicted molar refractivity (Wildman–Crippen MR) is 54.4 cm³/mol. The van der Waals surface area contributed by atoms with Gasteiger partial charge in [0.1, 0.15) is 0 Å². The molecule has 0 bridgehead atoms. The first-order valence-corrected chi connectivity index (χ1v) is 5.15. The molecule has 82 valence electrons. The molecule has 2 N–H and O–H groups in total. The van der Waals surface area contributed by atoms with Gasteiger partial charge in [0, 0.05) is 25.2 Å². The maximum Gasteiger partial charge on any atom is 0.292 e. The molecule has 1 aromatic rings. The third-order valence-corrected chi connectivity index (χ3v) is 2.67. The minimum atomic E-state index is -0.0810. The highest BCUT2D eigenvalue weighted by atomic mass is 16.5. The summed E-state index contributed by atoms with van der Waals surface area (Å²) in [7, 11) is 0. The number of piperidine rings is 1. The van der Waals surface area contributed by atoms with Crippen LogP contribution < -0.4 is 5.73 Å². The fourth-order valence-corrected chi connectivity index (χ4v) is 1.72. The van der Waals surface area contributed by atoms with Gasteiger partial charge in [-0.25, -0.2) is 0 Å². The molecule has 0 aliphatic carbocycles. The largest absolute Gasteiger partial charge is 0.351 e. The maximum absolute atomic E-state index is 11.9. The van der Waals surface area contributed by atoms with E-state index in [4.69, 9.17) is 10.3 Å². The molecule has 5 nitrogen and oxygen atoms in total. The minimum absolute atomic E-state index is 0.0810. The molecule has 1 aromatic heterocycles. The Kier molecular flexibility index (Phi) is 2.73. The molecule has 0 saturated carbocycles. The number of rotatable bonds is 1. The summed E-state index contributed by atoms with van der Waals surface area (Å²) >= 11 is 0. The van der Waals surface area contributed by atoms with E-state index in [1.165, 1.54) is 0 Å². The summed E-state index contributed by atoms with van der Waals surface area (Å²) < 4.78 is 4.93. The van der Waals surface area contributed by atoms with Crippen molar-refractivity contribution in [2.45, 2.75) is 25.8 Å². The van der Waals surface area contributed by atoms with Gasteiger partial charge in [-0.15, -0.1) is 0 Å². The molecule has 1 fully saturated rings. The van der Waals surface area contributed by atoms with Gasteiger partial charge in [-0.2, -0.15) is 0 Å². The Hall–Kier alpha value is -1.36. The van der Waals surface area contributed by atoms with Crippen molar-refractivity contribution >= 4 is 5.91 Å². The fourth-order valence-electron chi connectivity index (χ4n) is 1.72. The van der Waals surface area contributed by atoms with Gasteiger partial charge in [0.25, 0.3) is 5.91 Å². The summed E-state index contributed by atoms with van der Waals surface area (Å²) in [5.41, 5.74) is 6.49. The summed E-state index contributed by atoms with van der Waals surface area (Å²) in [6, 6.07) is 1.89. The Morgan fingerprint density at radius 1 is 1.60 bits per heavy atom. The van der Waals surface area contributed by atoms with E-state index in [1.807, 2.05) is 0 Å². The summed E-state index contributed by atoms with van der Waals surface area (Å²) in [5.74, 6) is 0.241. The highest BCUT2D eigenvalue weighted by molar-refractivity contribution is 5.91. The van der Waals surface area contributed by atoms with Gasteiger partial charge >= 0.3 is 0 Å². The van der Waals surface area contributed by atoms with Gasteiger partial charge in [0.15, 0.2) is 0 Å². The van der Waals surface area contributed by atoms with Gasteiger partial charge in [-0.05, 0) is 19.8 Å². The maximum atomic E-state index is 11.9. The van der Waals surface area contributed by atoms with Crippen LogP contribution in [0.2, 0.25) is 0 Å². The summed E-state index contributed by atoms with van der Waals surface area (Å²) in [5, 5.41) is 3.70. The molecule has 0 unspecified atom stereocenters. The van der Waals surface area contributed by atoms with E-state index in [-0.39, 0.29) is 11.9 Å². The van der Waals surface area contributed by atoms with Crippen molar-refractivity contribution in [3.8, 4) is 0 Å². The molecule has 1 aliphatic heterocycles. The number of amides is 1. The number of aryl methyl sites for hydroxylation is 1. The molecule has 2 rings (SSSR count). The molecule has 1 amide bonds. The van der Waals surface area contributed by atoms with Crippen molar-refractivity contribution in [2.75, 3.05) is 13.1 Å². The van der Waals surface area contributed by atoms with Gasteiger partial charge in [-0.3, -0.25) is 4.79 Å². The lowest BCUT2D eigenvalue weighted by molar-refractivity contribution is 0.0672. The average Bonchev–Trinajstić information content (AvgIpc) is 2.65. The van der Waals surface area contributed by atoms with Crippen molar-refractivity contribution in [3.05, 3.63) is 17.5 Å². The van der Waals surface area contributed by atoms with Gasteiger partial charge < -0.3 is 15.2 Å². The Morgan fingerprint density at radius 2 is 2.27 bits per heavy atom. The topological polar surface area (TPSA) is 72.4 Å². The summed E-state index contributed by atoms with van der Waals surface area (Å²) in [6.45, 7) is 3.21. The monoisotopic (exact) mass is 209 g/mol. The lowest BCUT2D eigenvalue weighted by Crippen LogP contribution is -2.42. The van der Waals surface area contributed by atoms with E-state index in [1.54, 1.807) is 17.9 Å². The van der Waals surface area contributed by atoms with E-state index in [2.05, 4.69) is 5.16 Å². The standard InChI is InChI=1S/C10H15N3O2/c1-7-6-9(15-12-7)10(14)13-4-2-8(11)3-5-13/h6,8H,2-5,11H2,1H3. The number of hydrogen-bond donors (Lipinski definition) is 1. The van der Waals surface area contributed by atoms with Gasteiger partial charge in [0.2, 0.25) is 5.76 Å². The van der Waals surface area contributed by atoms with Crippen molar-refractivity contribution in [1.29, 1.82) is 0 Å². The Morgan fingerprint density at radius 3 is 2.80 bits per heavy atom. The number of likely N-dealkylation sites (tertiary alicyclic amines) is 1. The quantitative estimate of drug-likeness (QED) is 0.733. The van der Waals surface area contributed by atoms with Crippen LogP contribution in [0.25, 0.3) is 0 Å². The van der Waals surface area contributed by atoms with E-state index in [0.717, 1.165) is 18.5 Å². The van der Waals surface area contributed by atoms with E-state index < -0.39 is 0 Å². The summed E-state index contributed by atoms with van der Waals surface area (Å²) in [4.78, 5) is 13.6. The number of carbonyl (C=O) groups is 1. The van der Waals surface area contributed by atoms with Crippen LogP contribution >= 0.6 is 0 Å². The van der Waals surface area contributed by atoms with Crippen molar-refractivity contribution in [3.63, 3.8) is 0 Å². The van der Waals surface area contributed by atoms with Gasteiger partial charge in [-0.1, -0.05) is 5.16 Å². The third kappa shape index (κ3) is 2.18. The molecule has 0 spiro atoms. The Labute approximate surface area is 88.2 Å². The van der Waals surface area contributed by atoms with Crippen LogP contribution in [0.3, 0.4) is 0 Å². The molecule has 15 heavy (non-hydrogen) atoms. The fraction of sp³-hybridized carbons (Fsp3) is 0.600. The molecule has 0 radical (unpaired) electrons. The van der Waals surface area contributed by atoms with E-state index >= 15 is 0 Å². The van der Waals surface area contributed by atoms with E-state index in [0.29, 0.717) is 18.8 Å². The van der Waals surface area contributed by atoms with E-state index in [9.17, 15) is 4.79 Å². The molecule has 1 aliphatic rings. The number of nitrogens with two attached hydrogens (primary N) is 1. The van der Waals surface area contributed by atoms with Crippen LogP contribution in [0, 0.1) is 6.92 Å². The number of nitrogens with zero attached hydrogens (tertiary/aromatic N) is 2. The normalized spacial score (nSPS) is 18.1. The number of carbonyl (C=O) groups excluding carboxylic acids is 1. The SMILES string of the molecule is Cc1cc(C(=O)N2CCC(N)CC2)on1. The van der Waals surface area contributed by atoms with Crippen LogP contribution in [0.1, 0.15) is 29.1 Å². The van der Waals surface area contributed by atoms with Crippen molar-refractivity contribution in [2.24, 2.45) is 5.73 Å². The highest BCUT2D eigenvalue weighted by Crippen LogP contribution is 2.13. The molecule has 0 atom stereocenters. The van der Waals surface area contributed by atoms with Crippen LogP contribution in [0.5, 0.6) is 0 Å². The molecule has 0 aromatic carbocycles. The first-order valence-electron chi connectivity index (χ1n) is 5.15. The van der Waals surface area contributed by atoms with Gasteiger partial charge in [0.05, 0.1) is 5.69 Å². The lowest BCUT2D eigenvalue weighted by atomic mass is 10.1. The Balaban J connectivity index is 2.02. The second-order valence-electron chi connectivity index (χ2n) is 3.96. The Bertz CT molecular complexity index is 353. The minimum Gasteiger partial charge on any atom is -0.351 e. The summed E-state index contributed by atoms with van der Waals surface area (Å²) in [6.07, 6.45) is 1.72. The first kappa shape index (κ1) is 10.2. The van der Waals surface area contributed by atoms with Crippen LogP contribution in [-0.4, -0.2) is 35.1 Å². The molecule has 5 heteroatoms. The van der Waals surface area contributed by atoms with Crippen LogP contribution in [0.4, 0.5) is 0 Å². The zero-order valence-corrected chi connectivity index (χ0v) is 8.77. The first-order chi connectivity index (χ1) is 7.16. The molecule has 2 heterocycles. The number of aromatic nitrogens is 1. The van der Waals surface area contributed by atoms with Crippen molar-refractivity contribution in [1.82, 2.24) is 10.1 Å². The zero-order valence-electron chi connectivity index (χ0n) is 8.77. The van der Waals surface area contributed by atoms with Crippen molar-refractivity contribution < 1.29 is 9.32 Å². The molecular weight excluding hydrogens is 194 g/mol. The number of hydrogen-bond acceptors (Lipinski definition) is 4. The van der Waals surface area contributed by atoms with Crippen LogP contribution in [-0.2, 0) is 0 Å². The second-order valence-corrected chi connectivity index (χ2v) is 3.96. The average molecular weight is 209 g/mol. The second kappa shape index (κ2) is 4.02. The van der Waals surface area contributed by atoms with Crippen LogP contribution in [0.15, 0.2) is 10.6 Å². The smallest absolute Gasteiger partial charge is 0.292 e. The third-order valence-electron chi connectivity index (χ3n) is 2.67. The predicted octanol–water partition coefficient (Wildman–Crippen LogP) is 0.546. The molecular formula is C10H15N3O2. The lowest BCUT2D eigenvalue weighted by Gasteiger charge is -2.29. The highest BCUT2D eigenvalue weighted by Gasteiger charge is 2.24.